The predicted molar refractivity (Wildman–Crippen MR) is 70.0 cm³/mol. The minimum absolute atomic E-state index is 0.0116. The van der Waals surface area contributed by atoms with Crippen LogP contribution >= 0.6 is 22.6 Å². The number of nitrogens with one attached hydrogen (secondary N) is 1. The second kappa shape index (κ2) is 4.12. The van der Waals surface area contributed by atoms with Crippen LogP contribution in [0.25, 0.3) is 0 Å². The van der Waals surface area contributed by atoms with Crippen LogP contribution in [-0.4, -0.2) is 15.7 Å². The van der Waals surface area contributed by atoms with Gasteiger partial charge in [0.15, 0.2) is 0 Å². The number of hydrogen-bond acceptors (Lipinski definition) is 2. The molecule has 0 spiro atoms. The molecular formula is C12H14INO. The maximum atomic E-state index is 11.5. The molecule has 80 valence electrons. The first-order chi connectivity index (χ1) is 7.07. The first-order valence-corrected chi connectivity index (χ1v) is 6.21. The highest BCUT2D eigenvalue weighted by atomic mass is 127. The zero-order chi connectivity index (χ0) is 10.9. The lowest BCUT2D eigenvalue weighted by Gasteiger charge is -2.14. The lowest BCUT2D eigenvalue weighted by molar-refractivity contribution is -0.118. The quantitative estimate of drug-likeness (QED) is 0.550. The molecule has 1 aliphatic carbocycles. The van der Waals surface area contributed by atoms with E-state index in [1.54, 1.807) is 0 Å². The zero-order valence-electron chi connectivity index (χ0n) is 8.72. The first-order valence-electron chi connectivity index (χ1n) is 5.13. The number of carbonyl (C=O) groups excluding carboxylic acids is 1. The summed E-state index contributed by atoms with van der Waals surface area (Å²) in [6.07, 6.45) is 9.66. The molecule has 0 aromatic carbocycles. The molecule has 1 fully saturated rings. The van der Waals surface area contributed by atoms with Crippen LogP contribution in [0.5, 0.6) is 0 Å². The SMILES string of the molecule is CC1(I)C=CC=C2NCCC(=O)CC2=C1. The Balaban J connectivity index is 2.37. The summed E-state index contributed by atoms with van der Waals surface area (Å²) in [6.45, 7) is 2.90. The first kappa shape index (κ1) is 10.9. The molecule has 1 atom stereocenters. The molecule has 2 nitrogen and oxygen atoms in total. The van der Waals surface area contributed by atoms with Crippen molar-refractivity contribution in [2.45, 2.75) is 23.2 Å². The van der Waals surface area contributed by atoms with Crippen molar-refractivity contribution < 1.29 is 4.79 Å². The van der Waals surface area contributed by atoms with Crippen molar-refractivity contribution in [3.63, 3.8) is 0 Å². The number of Topliss-reactive ketones (excluding diaryl/α,β-unsaturated/α-hetero) is 1. The lowest BCUT2D eigenvalue weighted by Crippen LogP contribution is -2.14. The van der Waals surface area contributed by atoms with Crippen molar-refractivity contribution in [1.29, 1.82) is 0 Å². The topological polar surface area (TPSA) is 29.1 Å². The highest BCUT2D eigenvalue weighted by Gasteiger charge is 2.21. The summed E-state index contributed by atoms with van der Waals surface area (Å²) >= 11 is 2.39. The Morgan fingerprint density at radius 2 is 2.33 bits per heavy atom. The molecule has 15 heavy (non-hydrogen) atoms. The second-order valence-electron chi connectivity index (χ2n) is 4.15. The van der Waals surface area contributed by atoms with Gasteiger partial charge in [0.25, 0.3) is 0 Å². The Bertz CT molecular complexity index is 377. The van der Waals surface area contributed by atoms with Crippen molar-refractivity contribution in [2.75, 3.05) is 6.54 Å². The van der Waals surface area contributed by atoms with E-state index < -0.39 is 0 Å². The predicted octanol–water partition coefficient (Wildman–Crippen LogP) is 2.51. The van der Waals surface area contributed by atoms with Crippen molar-refractivity contribution in [3.05, 3.63) is 35.6 Å². The molecule has 0 aromatic heterocycles. The van der Waals surface area contributed by atoms with Crippen LogP contribution in [0.15, 0.2) is 35.6 Å². The largest absolute Gasteiger partial charge is 0.384 e. The summed E-state index contributed by atoms with van der Waals surface area (Å²) in [5, 5.41) is 3.31. The number of ketones is 1. The third kappa shape index (κ3) is 2.71. The Morgan fingerprint density at radius 3 is 3.13 bits per heavy atom. The molecule has 1 saturated heterocycles. The molecule has 1 heterocycles. The van der Waals surface area contributed by atoms with E-state index in [4.69, 9.17) is 0 Å². The molecular weight excluding hydrogens is 301 g/mol. The molecule has 1 unspecified atom stereocenters. The summed E-state index contributed by atoms with van der Waals surface area (Å²) in [7, 11) is 0. The standard InChI is InChI=1S/C12H14INO/c1-12(13)5-2-3-11-9(8-12)7-10(15)4-6-14-11/h2-3,5,8,14H,4,6-7H2,1H3. The molecule has 0 saturated carbocycles. The number of rotatable bonds is 0. The number of alkyl halides is 1. The van der Waals surface area contributed by atoms with Gasteiger partial charge >= 0.3 is 0 Å². The third-order valence-corrected chi connectivity index (χ3v) is 3.27. The van der Waals surface area contributed by atoms with Crippen molar-refractivity contribution in [1.82, 2.24) is 5.32 Å². The van der Waals surface area contributed by atoms with E-state index in [9.17, 15) is 4.79 Å². The molecule has 2 rings (SSSR count). The second-order valence-corrected chi connectivity index (χ2v) is 6.48. The molecule has 0 aromatic rings. The van der Waals surface area contributed by atoms with Crippen LogP contribution in [0.3, 0.4) is 0 Å². The van der Waals surface area contributed by atoms with Crippen LogP contribution in [0.4, 0.5) is 0 Å². The molecule has 2 aliphatic rings. The van der Waals surface area contributed by atoms with Gasteiger partial charge in [-0.3, -0.25) is 4.79 Å². The molecule has 0 bridgehead atoms. The number of hydrogen-bond donors (Lipinski definition) is 1. The minimum atomic E-state index is 0.0116. The van der Waals surface area contributed by atoms with E-state index in [-0.39, 0.29) is 3.42 Å². The normalized spacial score (nSPS) is 30.7. The molecule has 3 heteroatoms. The fourth-order valence-electron chi connectivity index (χ4n) is 1.86. The van der Waals surface area contributed by atoms with E-state index in [2.05, 4.69) is 59.1 Å². The van der Waals surface area contributed by atoms with Crippen molar-refractivity contribution >= 4 is 28.4 Å². The fraction of sp³-hybridized carbons (Fsp3) is 0.417. The summed E-state index contributed by atoms with van der Waals surface area (Å²) in [6, 6.07) is 0. The average Bonchev–Trinajstić information content (AvgIpc) is 2.34. The number of carbonyl (C=O) groups is 1. The number of fused-ring (bicyclic) bond motifs is 1. The highest BCUT2D eigenvalue weighted by molar-refractivity contribution is 14.1. The van der Waals surface area contributed by atoms with Crippen LogP contribution in [0.1, 0.15) is 19.8 Å². The Labute approximate surface area is 104 Å². The van der Waals surface area contributed by atoms with Gasteiger partial charge in [0, 0.05) is 25.1 Å². The van der Waals surface area contributed by atoms with Gasteiger partial charge < -0.3 is 5.32 Å². The van der Waals surface area contributed by atoms with Crippen LogP contribution in [0, 0.1) is 0 Å². The van der Waals surface area contributed by atoms with Gasteiger partial charge in [-0.05, 0) is 18.6 Å². The number of allylic oxidation sites excluding steroid dienone is 5. The van der Waals surface area contributed by atoms with E-state index >= 15 is 0 Å². The summed E-state index contributed by atoms with van der Waals surface area (Å²) < 4.78 is 0.0116. The van der Waals surface area contributed by atoms with Gasteiger partial charge in [-0.15, -0.1) is 0 Å². The van der Waals surface area contributed by atoms with Gasteiger partial charge in [-0.1, -0.05) is 40.8 Å². The third-order valence-electron chi connectivity index (χ3n) is 2.59. The monoisotopic (exact) mass is 315 g/mol. The van der Waals surface area contributed by atoms with Crippen molar-refractivity contribution in [2.24, 2.45) is 0 Å². The van der Waals surface area contributed by atoms with E-state index in [0.29, 0.717) is 18.6 Å². The zero-order valence-corrected chi connectivity index (χ0v) is 10.9. The molecule has 0 radical (unpaired) electrons. The lowest BCUT2D eigenvalue weighted by atomic mass is 10.0. The Kier molecular flexibility index (Phi) is 3.00. The van der Waals surface area contributed by atoms with Crippen LogP contribution in [-0.2, 0) is 4.79 Å². The Hall–Kier alpha value is -0.580. The van der Waals surface area contributed by atoms with Gasteiger partial charge in [-0.2, -0.15) is 0 Å². The van der Waals surface area contributed by atoms with E-state index in [1.165, 1.54) is 0 Å². The van der Waals surface area contributed by atoms with Crippen LogP contribution < -0.4 is 5.32 Å². The maximum absolute atomic E-state index is 11.5. The van der Waals surface area contributed by atoms with E-state index in [1.807, 2.05) is 0 Å². The minimum Gasteiger partial charge on any atom is -0.384 e. The smallest absolute Gasteiger partial charge is 0.139 e. The summed E-state index contributed by atoms with van der Waals surface area (Å²) in [5.41, 5.74) is 2.25. The van der Waals surface area contributed by atoms with Crippen molar-refractivity contribution in [3.8, 4) is 0 Å². The fourth-order valence-corrected chi connectivity index (χ4v) is 2.45. The molecule has 1 N–H and O–H groups in total. The highest BCUT2D eigenvalue weighted by Crippen LogP contribution is 2.30. The Morgan fingerprint density at radius 1 is 1.53 bits per heavy atom. The van der Waals surface area contributed by atoms with Gasteiger partial charge in [0.1, 0.15) is 5.78 Å². The average molecular weight is 315 g/mol. The van der Waals surface area contributed by atoms with Gasteiger partial charge in [-0.25, -0.2) is 0 Å². The maximum Gasteiger partial charge on any atom is 0.139 e. The van der Waals surface area contributed by atoms with Gasteiger partial charge in [0.05, 0.1) is 3.42 Å². The van der Waals surface area contributed by atoms with Gasteiger partial charge in [0.2, 0.25) is 0 Å². The number of halogens is 1. The molecule has 1 aliphatic heterocycles. The summed E-state index contributed by atoms with van der Waals surface area (Å²) in [4.78, 5) is 11.5. The molecule has 0 amide bonds. The summed E-state index contributed by atoms with van der Waals surface area (Å²) in [5.74, 6) is 0.325. The van der Waals surface area contributed by atoms with E-state index in [0.717, 1.165) is 17.8 Å². The van der Waals surface area contributed by atoms with Crippen LogP contribution in [0.2, 0.25) is 0 Å².